The lowest BCUT2D eigenvalue weighted by Gasteiger charge is -2.16. The largest absolute Gasteiger partial charge is 0.493 e. The average molecular weight is 373 g/mol. The lowest BCUT2D eigenvalue weighted by molar-refractivity contribution is 0.271. The fraction of sp³-hybridized carbons (Fsp3) is 0.368. The van der Waals surface area contributed by atoms with Crippen molar-refractivity contribution in [3.8, 4) is 22.6 Å². The fourth-order valence-corrected chi connectivity index (χ4v) is 3.98. The molecule has 3 aromatic rings. The van der Waals surface area contributed by atoms with Crippen molar-refractivity contribution in [2.45, 2.75) is 26.3 Å². The molecular formula is C19H23N3O3S. The summed E-state index contributed by atoms with van der Waals surface area (Å²) in [7, 11) is 3.25. The Balaban J connectivity index is 2.18. The van der Waals surface area contributed by atoms with Crippen LogP contribution >= 0.6 is 11.3 Å². The van der Waals surface area contributed by atoms with Crippen LogP contribution in [-0.2, 0) is 0 Å². The molecule has 2 aromatic heterocycles. The summed E-state index contributed by atoms with van der Waals surface area (Å²) in [6.45, 7) is 4.16. The molecule has 138 valence electrons. The predicted octanol–water partition coefficient (Wildman–Crippen LogP) is 3.87. The van der Waals surface area contributed by atoms with Gasteiger partial charge in [0.25, 0.3) is 0 Å². The van der Waals surface area contributed by atoms with Crippen molar-refractivity contribution in [3.05, 3.63) is 29.4 Å². The van der Waals surface area contributed by atoms with Crippen molar-refractivity contribution in [2.75, 3.05) is 26.1 Å². The second-order valence-corrected chi connectivity index (χ2v) is 7.14. The van der Waals surface area contributed by atoms with Crippen molar-refractivity contribution in [2.24, 2.45) is 0 Å². The molecule has 0 aliphatic rings. The first-order chi connectivity index (χ1) is 12.6. The summed E-state index contributed by atoms with van der Waals surface area (Å²) in [5.41, 5.74) is 2.09. The minimum Gasteiger partial charge on any atom is -0.493 e. The lowest BCUT2D eigenvalue weighted by atomic mass is 10.0. The Morgan fingerprint density at radius 1 is 1.19 bits per heavy atom. The summed E-state index contributed by atoms with van der Waals surface area (Å²) in [5.74, 6) is 2.11. The highest BCUT2D eigenvalue weighted by Gasteiger charge is 2.19. The molecule has 1 atom stereocenters. The molecular weight excluding hydrogens is 350 g/mol. The number of aliphatic hydroxyl groups excluding tert-OH is 1. The van der Waals surface area contributed by atoms with E-state index in [-0.39, 0.29) is 12.6 Å². The van der Waals surface area contributed by atoms with Crippen LogP contribution in [0.25, 0.3) is 21.3 Å². The van der Waals surface area contributed by atoms with Crippen molar-refractivity contribution < 1.29 is 14.6 Å². The van der Waals surface area contributed by atoms with Crippen molar-refractivity contribution in [1.82, 2.24) is 9.97 Å². The first kappa shape index (κ1) is 18.4. The van der Waals surface area contributed by atoms with Gasteiger partial charge in [0, 0.05) is 10.4 Å². The van der Waals surface area contributed by atoms with E-state index in [9.17, 15) is 5.11 Å². The van der Waals surface area contributed by atoms with Gasteiger partial charge in [0.15, 0.2) is 11.5 Å². The van der Waals surface area contributed by atoms with Crippen molar-refractivity contribution in [3.63, 3.8) is 0 Å². The highest BCUT2D eigenvalue weighted by Crippen LogP contribution is 2.42. The van der Waals surface area contributed by atoms with E-state index in [0.717, 1.165) is 38.5 Å². The number of hydrogen-bond acceptors (Lipinski definition) is 7. The molecule has 7 heteroatoms. The van der Waals surface area contributed by atoms with Crippen LogP contribution in [0.15, 0.2) is 24.5 Å². The Morgan fingerprint density at radius 3 is 2.62 bits per heavy atom. The number of ether oxygens (including phenoxy) is 2. The third-order valence-corrected chi connectivity index (χ3v) is 5.40. The highest BCUT2D eigenvalue weighted by molar-refractivity contribution is 7.19. The lowest BCUT2D eigenvalue weighted by Crippen LogP contribution is -2.23. The van der Waals surface area contributed by atoms with Crippen molar-refractivity contribution >= 4 is 27.4 Å². The van der Waals surface area contributed by atoms with Gasteiger partial charge in [-0.2, -0.15) is 0 Å². The number of methoxy groups -OCH3 is 2. The number of fused-ring (bicyclic) bond motifs is 1. The van der Waals surface area contributed by atoms with Gasteiger partial charge >= 0.3 is 0 Å². The van der Waals surface area contributed by atoms with Crippen LogP contribution in [0.3, 0.4) is 0 Å². The molecule has 0 saturated heterocycles. The third kappa shape index (κ3) is 3.32. The van der Waals surface area contributed by atoms with E-state index >= 15 is 0 Å². The molecule has 0 bridgehead atoms. The molecule has 0 fully saturated rings. The molecule has 0 aliphatic heterocycles. The van der Waals surface area contributed by atoms with E-state index in [0.29, 0.717) is 11.5 Å². The maximum Gasteiger partial charge on any atom is 0.161 e. The Bertz CT molecular complexity index is 906. The number of aryl methyl sites for hydroxylation is 1. The zero-order valence-electron chi connectivity index (χ0n) is 15.4. The first-order valence-electron chi connectivity index (χ1n) is 8.46. The number of nitrogens with zero attached hydrogens (tertiary/aromatic N) is 2. The van der Waals surface area contributed by atoms with Crippen LogP contribution in [-0.4, -0.2) is 41.9 Å². The van der Waals surface area contributed by atoms with Crippen LogP contribution in [0, 0.1) is 6.92 Å². The summed E-state index contributed by atoms with van der Waals surface area (Å²) >= 11 is 1.63. The second kappa shape index (κ2) is 7.88. The van der Waals surface area contributed by atoms with Crippen LogP contribution in [0.1, 0.15) is 18.2 Å². The standard InChI is InChI=1S/C19H23N3O3S/c1-5-13(9-23)22-18-17-16(11(2)26-19(17)21-10-20-18)12-6-7-14(24-3)15(8-12)25-4/h6-8,10,13,23H,5,9H2,1-4H3,(H,20,21,22). The second-order valence-electron chi connectivity index (χ2n) is 5.94. The van der Waals surface area contributed by atoms with Crippen LogP contribution in [0.5, 0.6) is 11.5 Å². The fourth-order valence-electron chi connectivity index (χ4n) is 2.96. The molecule has 0 spiro atoms. The predicted molar refractivity (Wildman–Crippen MR) is 105 cm³/mol. The molecule has 2 heterocycles. The maximum absolute atomic E-state index is 9.54. The number of nitrogens with one attached hydrogen (secondary N) is 1. The SMILES string of the molecule is CCC(CO)Nc1ncnc2sc(C)c(-c3ccc(OC)c(OC)c3)c12. The highest BCUT2D eigenvalue weighted by atomic mass is 32.1. The molecule has 0 saturated carbocycles. The molecule has 1 aromatic carbocycles. The molecule has 26 heavy (non-hydrogen) atoms. The number of thiophene rings is 1. The normalized spacial score (nSPS) is 12.2. The van der Waals surface area contributed by atoms with E-state index in [4.69, 9.17) is 9.47 Å². The average Bonchev–Trinajstić information content (AvgIpc) is 3.02. The number of rotatable bonds is 7. The molecule has 3 rings (SSSR count). The van der Waals surface area contributed by atoms with Gasteiger partial charge in [0.2, 0.25) is 0 Å². The smallest absolute Gasteiger partial charge is 0.161 e. The number of anilines is 1. The van der Waals surface area contributed by atoms with Gasteiger partial charge in [-0.1, -0.05) is 13.0 Å². The van der Waals surface area contributed by atoms with E-state index in [1.165, 1.54) is 0 Å². The molecule has 2 N–H and O–H groups in total. The van der Waals surface area contributed by atoms with Gasteiger partial charge in [-0.25, -0.2) is 9.97 Å². The molecule has 0 aliphatic carbocycles. The zero-order valence-corrected chi connectivity index (χ0v) is 16.2. The molecule has 6 nitrogen and oxygen atoms in total. The Labute approximate surface area is 156 Å². The van der Waals surface area contributed by atoms with Gasteiger partial charge < -0.3 is 19.9 Å². The maximum atomic E-state index is 9.54. The van der Waals surface area contributed by atoms with Crippen LogP contribution in [0.4, 0.5) is 5.82 Å². The van der Waals surface area contributed by atoms with Gasteiger partial charge in [0.05, 0.1) is 32.3 Å². The summed E-state index contributed by atoms with van der Waals surface area (Å²) in [6.07, 6.45) is 2.36. The van der Waals surface area contributed by atoms with E-state index in [2.05, 4.69) is 22.2 Å². The van der Waals surface area contributed by atoms with Crippen LogP contribution in [0.2, 0.25) is 0 Å². The minimum absolute atomic E-state index is 0.0495. The number of aromatic nitrogens is 2. The third-order valence-electron chi connectivity index (χ3n) is 4.39. The molecule has 0 amide bonds. The van der Waals surface area contributed by atoms with Gasteiger partial charge in [0.1, 0.15) is 17.0 Å². The quantitative estimate of drug-likeness (QED) is 0.655. The summed E-state index contributed by atoms with van der Waals surface area (Å²) < 4.78 is 10.8. The molecule has 0 radical (unpaired) electrons. The topological polar surface area (TPSA) is 76.5 Å². The van der Waals surface area contributed by atoms with Crippen LogP contribution < -0.4 is 14.8 Å². The van der Waals surface area contributed by atoms with E-state index in [1.54, 1.807) is 31.9 Å². The first-order valence-corrected chi connectivity index (χ1v) is 9.28. The Kier molecular flexibility index (Phi) is 5.58. The summed E-state index contributed by atoms with van der Waals surface area (Å²) in [5, 5.41) is 13.9. The monoisotopic (exact) mass is 373 g/mol. The van der Waals surface area contributed by atoms with E-state index in [1.807, 2.05) is 25.1 Å². The number of hydrogen-bond donors (Lipinski definition) is 2. The summed E-state index contributed by atoms with van der Waals surface area (Å²) in [6, 6.07) is 5.83. The van der Waals surface area contributed by atoms with Crippen molar-refractivity contribution in [1.29, 1.82) is 0 Å². The molecule has 1 unspecified atom stereocenters. The zero-order chi connectivity index (χ0) is 18.7. The Morgan fingerprint density at radius 2 is 1.96 bits per heavy atom. The minimum atomic E-state index is -0.0495. The Hall–Kier alpha value is -2.38. The van der Waals surface area contributed by atoms with E-state index < -0.39 is 0 Å². The van der Waals surface area contributed by atoms with Gasteiger partial charge in [-0.05, 0) is 31.0 Å². The van der Waals surface area contributed by atoms with Gasteiger partial charge in [-0.3, -0.25) is 0 Å². The van der Waals surface area contributed by atoms with Gasteiger partial charge in [-0.15, -0.1) is 11.3 Å². The number of benzene rings is 1. The summed E-state index contributed by atoms with van der Waals surface area (Å²) in [4.78, 5) is 10.9. The number of aliphatic hydroxyl groups is 1.